The fourth-order valence-corrected chi connectivity index (χ4v) is 1.90. The zero-order valence-electron chi connectivity index (χ0n) is 11.5. The van der Waals surface area contributed by atoms with E-state index in [4.69, 9.17) is 0 Å². The first-order valence-corrected chi connectivity index (χ1v) is 6.40. The minimum absolute atomic E-state index is 0.0412. The average Bonchev–Trinajstić information content (AvgIpc) is 2.52. The molecule has 1 amide bonds. The van der Waals surface area contributed by atoms with Crippen LogP contribution in [-0.2, 0) is 6.54 Å². The van der Waals surface area contributed by atoms with Crippen LogP contribution >= 0.6 is 0 Å². The number of benzene rings is 2. The number of nitrogens with zero attached hydrogens (tertiary/aromatic N) is 1. The van der Waals surface area contributed by atoms with Crippen LogP contribution in [-0.4, -0.2) is 17.9 Å². The van der Waals surface area contributed by atoms with Crippen LogP contribution in [0.3, 0.4) is 0 Å². The number of carbonyl (C=O) groups is 1. The van der Waals surface area contributed by atoms with Crippen molar-refractivity contribution in [1.29, 1.82) is 0 Å². The summed E-state index contributed by atoms with van der Waals surface area (Å²) in [6, 6.07) is 13.5. The van der Waals surface area contributed by atoms with Gasteiger partial charge in [-0.3, -0.25) is 14.9 Å². The highest BCUT2D eigenvalue weighted by molar-refractivity contribution is 5.93. The summed E-state index contributed by atoms with van der Waals surface area (Å²) in [5.74, 6) is -0.145. The predicted octanol–water partition coefficient (Wildman–Crippen LogP) is 2.57. The van der Waals surface area contributed by atoms with E-state index in [0.29, 0.717) is 17.8 Å². The van der Waals surface area contributed by atoms with Gasteiger partial charge in [0.05, 0.1) is 4.92 Å². The Kier molecular flexibility index (Phi) is 4.50. The molecular weight excluding hydrogens is 270 g/mol. The molecule has 0 bridgehead atoms. The molecule has 0 saturated carbocycles. The molecule has 2 N–H and O–H groups in total. The van der Waals surface area contributed by atoms with Crippen molar-refractivity contribution in [2.24, 2.45) is 0 Å². The summed E-state index contributed by atoms with van der Waals surface area (Å²) >= 11 is 0. The smallest absolute Gasteiger partial charge is 0.292 e. The maximum absolute atomic E-state index is 11.4. The van der Waals surface area contributed by atoms with Crippen molar-refractivity contribution in [3.05, 3.63) is 69.8 Å². The third-order valence-electron chi connectivity index (χ3n) is 3.03. The van der Waals surface area contributed by atoms with Gasteiger partial charge in [-0.25, -0.2) is 0 Å². The second kappa shape index (κ2) is 6.51. The predicted molar refractivity (Wildman–Crippen MR) is 80.3 cm³/mol. The minimum Gasteiger partial charge on any atom is -0.375 e. The molecule has 21 heavy (non-hydrogen) atoms. The van der Waals surface area contributed by atoms with Crippen LogP contribution in [0.2, 0.25) is 0 Å². The molecule has 0 aromatic heterocycles. The summed E-state index contributed by atoms with van der Waals surface area (Å²) in [5, 5.41) is 16.5. The molecule has 2 aromatic carbocycles. The first kappa shape index (κ1) is 14.5. The quantitative estimate of drug-likeness (QED) is 0.653. The number of carbonyl (C=O) groups excluding carboxylic acids is 1. The van der Waals surface area contributed by atoms with Crippen LogP contribution in [0, 0.1) is 10.1 Å². The van der Waals surface area contributed by atoms with Crippen molar-refractivity contribution < 1.29 is 9.72 Å². The van der Waals surface area contributed by atoms with E-state index < -0.39 is 4.92 Å². The first-order valence-electron chi connectivity index (χ1n) is 6.40. The van der Waals surface area contributed by atoms with E-state index >= 15 is 0 Å². The zero-order valence-corrected chi connectivity index (χ0v) is 11.5. The van der Waals surface area contributed by atoms with Crippen LogP contribution in [0.4, 0.5) is 11.4 Å². The van der Waals surface area contributed by atoms with Gasteiger partial charge in [-0.2, -0.15) is 0 Å². The number of para-hydroxylation sites is 2. The Morgan fingerprint density at radius 3 is 2.43 bits per heavy atom. The van der Waals surface area contributed by atoms with Gasteiger partial charge >= 0.3 is 0 Å². The molecule has 6 nitrogen and oxygen atoms in total. The van der Waals surface area contributed by atoms with Crippen molar-refractivity contribution >= 4 is 17.3 Å². The van der Waals surface area contributed by atoms with Gasteiger partial charge in [-0.1, -0.05) is 24.3 Å². The van der Waals surface area contributed by atoms with Gasteiger partial charge in [0.25, 0.3) is 11.6 Å². The molecule has 0 atom stereocenters. The molecule has 2 rings (SSSR count). The Bertz CT molecular complexity index is 653. The average molecular weight is 285 g/mol. The molecule has 0 saturated heterocycles. The number of hydrogen-bond donors (Lipinski definition) is 2. The van der Waals surface area contributed by atoms with E-state index in [1.165, 1.54) is 6.07 Å². The van der Waals surface area contributed by atoms with Gasteiger partial charge in [0.1, 0.15) is 5.69 Å². The maximum atomic E-state index is 11.4. The molecule has 0 radical (unpaired) electrons. The van der Waals surface area contributed by atoms with Crippen LogP contribution in [0.25, 0.3) is 0 Å². The lowest BCUT2D eigenvalue weighted by molar-refractivity contribution is -0.384. The highest BCUT2D eigenvalue weighted by Crippen LogP contribution is 2.23. The summed E-state index contributed by atoms with van der Waals surface area (Å²) in [4.78, 5) is 21.9. The highest BCUT2D eigenvalue weighted by atomic mass is 16.6. The van der Waals surface area contributed by atoms with Gasteiger partial charge < -0.3 is 10.6 Å². The number of nitro benzene ring substituents is 1. The van der Waals surface area contributed by atoms with E-state index in [-0.39, 0.29) is 11.6 Å². The monoisotopic (exact) mass is 285 g/mol. The lowest BCUT2D eigenvalue weighted by atomic mass is 10.1. The normalized spacial score (nSPS) is 9.95. The van der Waals surface area contributed by atoms with E-state index in [1.54, 1.807) is 37.4 Å². The number of hydrogen-bond acceptors (Lipinski definition) is 4. The van der Waals surface area contributed by atoms with Gasteiger partial charge in [0, 0.05) is 25.2 Å². The molecule has 0 aliphatic carbocycles. The lowest BCUT2D eigenvalue weighted by Crippen LogP contribution is -2.17. The maximum Gasteiger partial charge on any atom is 0.292 e. The number of nitro groups is 1. The molecule has 0 unspecified atom stereocenters. The van der Waals surface area contributed by atoms with Gasteiger partial charge in [-0.15, -0.1) is 0 Å². The van der Waals surface area contributed by atoms with Crippen LogP contribution in [0.1, 0.15) is 15.9 Å². The second-order valence-corrected chi connectivity index (χ2v) is 4.40. The van der Waals surface area contributed by atoms with Gasteiger partial charge in [0.2, 0.25) is 0 Å². The third-order valence-corrected chi connectivity index (χ3v) is 3.03. The summed E-state index contributed by atoms with van der Waals surface area (Å²) in [6.07, 6.45) is 0. The summed E-state index contributed by atoms with van der Waals surface area (Å²) in [7, 11) is 1.58. The Balaban J connectivity index is 2.07. The Labute approximate surface area is 121 Å². The first-order chi connectivity index (χ1) is 10.1. The number of rotatable bonds is 5. The van der Waals surface area contributed by atoms with E-state index in [1.807, 2.05) is 12.1 Å². The molecular formula is C15H15N3O3. The largest absolute Gasteiger partial charge is 0.375 e. The number of amides is 1. The summed E-state index contributed by atoms with van der Waals surface area (Å²) < 4.78 is 0. The van der Waals surface area contributed by atoms with E-state index in [2.05, 4.69) is 10.6 Å². The zero-order chi connectivity index (χ0) is 15.2. The van der Waals surface area contributed by atoms with E-state index in [0.717, 1.165) is 5.56 Å². The van der Waals surface area contributed by atoms with Crippen molar-refractivity contribution in [2.45, 2.75) is 6.54 Å². The second-order valence-electron chi connectivity index (χ2n) is 4.40. The molecule has 108 valence electrons. The topological polar surface area (TPSA) is 84.3 Å². The van der Waals surface area contributed by atoms with Gasteiger partial charge in [0.15, 0.2) is 0 Å². The number of anilines is 1. The van der Waals surface area contributed by atoms with E-state index in [9.17, 15) is 14.9 Å². The van der Waals surface area contributed by atoms with Crippen LogP contribution < -0.4 is 10.6 Å². The lowest BCUT2D eigenvalue weighted by Gasteiger charge is -2.07. The molecule has 0 heterocycles. The molecule has 6 heteroatoms. The fourth-order valence-electron chi connectivity index (χ4n) is 1.90. The molecule has 0 aliphatic rings. The van der Waals surface area contributed by atoms with Crippen molar-refractivity contribution in [2.75, 3.05) is 12.4 Å². The Hall–Kier alpha value is -2.89. The molecule has 0 spiro atoms. The number of nitrogens with one attached hydrogen (secondary N) is 2. The van der Waals surface area contributed by atoms with Crippen molar-refractivity contribution in [3.8, 4) is 0 Å². The molecule has 2 aromatic rings. The van der Waals surface area contributed by atoms with Gasteiger partial charge in [-0.05, 0) is 23.8 Å². The fraction of sp³-hybridized carbons (Fsp3) is 0.133. The summed E-state index contributed by atoms with van der Waals surface area (Å²) in [5.41, 5.74) is 2.02. The van der Waals surface area contributed by atoms with Crippen molar-refractivity contribution in [3.63, 3.8) is 0 Å². The summed E-state index contributed by atoms with van der Waals surface area (Å²) in [6.45, 7) is 0.443. The van der Waals surface area contributed by atoms with Crippen LogP contribution in [0.15, 0.2) is 48.5 Å². The highest BCUT2D eigenvalue weighted by Gasteiger charge is 2.11. The van der Waals surface area contributed by atoms with Crippen molar-refractivity contribution in [1.82, 2.24) is 5.32 Å². The SMILES string of the molecule is CNC(=O)c1ccc(CNc2ccccc2[N+](=O)[O-])cc1. The standard InChI is InChI=1S/C15H15N3O3/c1-16-15(19)12-8-6-11(7-9-12)10-17-13-4-2-3-5-14(13)18(20)21/h2-9,17H,10H2,1H3,(H,16,19). The Morgan fingerprint density at radius 2 is 1.81 bits per heavy atom. The third kappa shape index (κ3) is 3.56. The van der Waals surface area contributed by atoms with Crippen LogP contribution in [0.5, 0.6) is 0 Å². The Morgan fingerprint density at radius 1 is 1.14 bits per heavy atom. The molecule has 0 fully saturated rings. The minimum atomic E-state index is -0.420. The molecule has 0 aliphatic heterocycles.